The Morgan fingerprint density at radius 3 is 2.59 bits per heavy atom. The molecular weight excluding hydrogens is 364 g/mol. The number of anilines is 1. The zero-order valence-electron chi connectivity index (χ0n) is 14.9. The van der Waals surface area contributed by atoms with Gasteiger partial charge in [-0.1, -0.05) is 24.3 Å². The molecule has 0 aromatic heterocycles. The molecule has 6 nitrogen and oxygen atoms in total. The Hall–Kier alpha value is -3.06. The zero-order valence-corrected chi connectivity index (χ0v) is 15.7. The van der Waals surface area contributed by atoms with Crippen molar-refractivity contribution in [2.45, 2.75) is 6.92 Å². The predicted octanol–water partition coefficient (Wildman–Crippen LogP) is 3.89. The van der Waals surface area contributed by atoms with Gasteiger partial charge in [0, 0.05) is 5.69 Å². The first-order chi connectivity index (χ1) is 13.0. The van der Waals surface area contributed by atoms with Crippen LogP contribution in [0.2, 0.25) is 0 Å². The maximum absolute atomic E-state index is 12.5. The predicted molar refractivity (Wildman–Crippen MR) is 105 cm³/mol. The highest BCUT2D eigenvalue weighted by Crippen LogP contribution is 2.32. The molecule has 3 rings (SSSR count). The van der Waals surface area contributed by atoms with E-state index in [1.165, 1.54) is 12.0 Å². The Morgan fingerprint density at radius 2 is 1.93 bits per heavy atom. The van der Waals surface area contributed by atoms with Crippen molar-refractivity contribution in [1.29, 1.82) is 0 Å². The highest BCUT2D eigenvalue weighted by Gasteiger charge is 2.34. The third-order valence-corrected chi connectivity index (χ3v) is 4.87. The second kappa shape index (κ2) is 8.09. The molecule has 0 spiro atoms. The van der Waals surface area contributed by atoms with Gasteiger partial charge in [0.2, 0.25) is 0 Å². The molecule has 1 saturated heterocycles. The van der Waals surface area contributed by atoms with E-state index >= 15 is 0 Å². The smallest absolute Gasteiger partial charge is 0.337 e. The second-order valence-corrected chi connectivity index (χ2v) is 6.92. The molecule has 1 heterocycles. The van der Waals surface area contributed by atoms with Gasteiger partial charge in [0.15, 0.2) is 0 Å². The summed E-state index contributed by atoms with van der Waals surface area (Å²) in [5.74, 6) is -0.772. The topological polar surface area (TPSA) is 75.7 Å². The first-order valence-electron chi connectivity index (χ1n) is 8.22. The summed E-state index contributed by atoms with van der Waals surface area (Å²) >= 11 is 0.897. The van der Waals surface area contributed by atoms with Crippen molar-refractivity contribution in [2.24, 2.45) is 0 Å². The van der Waals surface area contributed by atoms with Gasteiger partial charge in [0.25, 0.3) is 11.1 Å². The molecule has 7 heteroatoms. The van der Waals surface area contributed by atoms with Crippen molar-refractivity contribution >= 4 is 40.6 Å². The Kier molecular flexibility index (Phi) is 5.61. The van der Waals surface area contributed by atoms with E-state index in [-0.39, 0.29) is 17.8 Å². The van der Waals surface area contributed by atoms with Crippen molar-refractivity contribution in [3.8, 4) is 0 Å². The van der Waals surface area contributed by atoms with Crippen molar-refractivity contribution in [1.82, 2.24) is 4.90 Å². The van der Waals surface area contributed by atoms with Gasteiger partial charge < -0.3 is 10.1 Å². The van der Waals surface area contributed by atoms with Crippen LogP contribution in [0, 0.1) is 6.92 Å². The van der Waals surface area contributed by atoms with E-state index < -0.39 is 5.97 Å². The summed E-state index contributed by atoms with van der Waals surface area (Å²) in [6.45, 7) is 2.08. The highest BCUT2D eigenvalue weighted by atomic mass is 32.2. The Morgan fingerprint density at radius 1 is 1.19 bits per heavy atom. The number of nitrogens with zero attached hydrogens (tertiary/aromatic N) is 1. The normalized spacial score (nSPS) is 15.3. The first-order valence-corrected chi connectivity index (χ1v) is 9.04. The zero-order chi connectivity index (χ0) is 19.4. The van der Waals surface area contributed by atoms with Gasteiger partial charge in [-0.2, -0.15) is 0 Å². The number of benzene rings is 2. The van der Waals surface area contributed by atoms with Crippen LogP contribution >= 0.6 is 11.8 Å². The molecule has 2 aromatic rings. The molecule has 0 aliphatic carbocycles. The molecule has 0 unspecified atom stereocenters. The second-order valence-electron chi connectivity index (χ2n) is 5.93. The monoisotopic (exact) mass is 382 g/mol. The fourth-order valence-electron chi connectivity index (χ4n) is 2.55. The molecule has 1 aliphatic heterocycles. The van der Waals surface area contributed by atoms with E-state index in [2.05, 4.69) is 10.1 Å². The van der Waals surface area contributed by atoms with Crippen molar-refractivity contribution in [2.75, 3.05) is 19.1 Å². The van der Waals surface area contributed by atoms with E-state index in [9.17, 15) is 14.4 Å². The number of hydrogen-bond acceptors (Lipinski definition) is 6. The summed E-state index contributed by atoms with van der Waals surface area (Å²) in [4.78, 5) is 37.7. The molecule has 138 valence electrons. The van der Waals surface area contributed by atoms with Crippen LogP contribution in [0.4, 0.5) is 10.5 Å². The maximum Gasteiger partial charge on any atom is 0.337 e. The number of carbonyl (C=O) groups excluding carboxylic acids is 3. The van der Waals surface area contributed by atoms with E-state index in [0.717, 1.165) is 28.6 Å². The molecule has 0 atom stereocenters. The minimum absolute atomic E-state index is 0.104. The van der Waals surface area contributed by atoms with Crippen LogP contribution in [-0.4, -0.2) is 35.8 Å². The van der Waals surface area contributed by atoms with E-state index in [1.807, 2.05) is 31.2 Å². The number of thioether (sulfide) groups is 1. The van der Waals surface area contributed by atoms with Crippen molar-refractivity contribution in [3.63, 3.8) is 0 Å². The van der Waals surface area contributed by atoms with Crippen molar-refractivity contribution < 1.29 is 19.1 Å². The van der Waals surface area contributed by atoms with Crippen LogP contribution in [0.15, 0.2) is 53.4 Å². The molecule has 0 bridgehead atoms. The third-order valence-electron chi connectivity index (χ3n) is 3.96. The number of hydrogen-bond donors (Lipinski definition) is 1. The minimum Gasteiger partial charge on any atom is -0.465 e. The summed E-state index contributed by atoms with van der Waals surface area (Å²) in [6.07, 6.45) is 1.64. The number of aryl methyl sites for hydroxylation is 1. The maximum atomic E-state index is 12.5. The molecule has 0 radical (unpaired) electrons. The van der Waals surface area contributed by atoms with Crippen LogP contribution < -0.4 is 5.32 Å². The lowest BCUT2D eigenvalue weighted by atomic mass is 10.1. The Bertz CT molecular complexity index is 922. The summed E-state index contributed by atoms with van der Waals surface area (Å²) in [5.41, 5.74) is 3.07. The van der Waals surface area contributed by atoms with Crippen LogP contribution in [0.1, 0.15) is 21.5 Å². The van der Waals surface area contributed by atoms with Gasteiger partial charge in [-0.05, 0) is 60.2 Å². The van der Waals surface area contributed by atoms with Gasteiger partial charge in [-0.25, -0.2) is 4.79 Å². The van der Waals surface area contributed by atoms with Gasteiger partial charge in [0.05, 0.1) is 24.2 Å². The lowest BCUT2D eigenvalue weighted by Gasteiger charge is -2.14. The summed E-state index contributed by atoms with van der Waals surface area (Å²) in [5, 5.41) is 2.77. The average Bonchev–Trinajstić information content (AvgIpc) is 2.93. The number of carbonyl (C=O) groups is 3. The van der Waals surface area contributed by atoms with E-state index in [0.29, 0.717) is 10.5 Å². The van der Waals surface area contributed by atoms with E-state index in [4.69, 9.17) is 0 Å². The number of amides is 2. The molecule has 0 saturated carbocycles. The van der Waals surface area contributed by atoms with Crippen LogP contribution in [-0.2, 0) is 9.53 Å². The molecule has 1 aliphatic rings. The number of imide groups is 1. The minimum atomic E-state index is -0.427. The largest absolute Gasteiger partial charge is 0.465 e. The van der Waals surface area contributed by atoms with Crippen molar-refractivity contribution in [3.05, 3.63) is 70.1 Å². The third kappa shape index (κ3) is 4.38. The van der Waals surface area contributed by atoms with Gasteiger partial charge in [-0.15, -0.1) is 0 Å². The number of esters is 1. The average molecular weight is 382 g/mol. The number of rotatable bonds is 5. The standard InChI is InChI=1S/C20H18N2O4S/c1-13-4-3-5-16(10-13)21-12-22-18(23)17(27-20(22)25)11-14-6-8-15(9-7-14)19(24)26-2/h3-11,21H,12H2,1-2H3/b17-11+. The van der Waals surface area contributed by atoms with Gasteiger partial charge >= 0.3 is 5.97 Å². The van der Waals surface area contributed by atoms with Gasteiger partial charge in [0.1, 0.15) is 0 Å². The number of ether oxygens (including phenoxy) is 1. The highest BCUT2D eigenvalue weighted by molar-refractivity contribution is 8.18. The first kappa shape index (κ1) is 18.7. The summed E-state index contributed by atoms with van der Waals surface area (Å²) in [7, 11) is 1.32. The molecule has 2 aromatic carbocycles. The lowest BCUT2D eigenvalue weighted by molar-refractivity contribution is -0.122. The Labute approximate surface area is 161 Å². The Balaban J connectivity index is 1.69. The van der Waals surface area contributed by atoms with Crippen LogP contribution in [0.5, 0.6) is 0 Å². The fourth-order valence-corrected chi connectivity index (χ4v) is 3.38. The molecule has 1 N–H and O–H groups in total. The fraction of sp³-hybridized carbons (Fsp3) is 0.150. The summed E-state index contributed by atoms with van der Waals surface area (Å²) < 4.78 is 4.65. The van der Waals surface area contributed by atoms with Crippen LogP contribution in [0.3, 0.4) is 0 Å². The summed E-state index contributed by atoms with van der Waals surface area (Å²) in [6, 6.07) is 14.3. The molecule has 27 heavy (non-hydrogen) atoms. The lowest BCUT2D eigenvalue weighted by Crippen LogP contribution is -2.33. The van der Waals surface area contributed by atoms with E-state index in [1.54, 1.807) is 30.3 Å². The molecule has 2 amide bonds. The molecule has 1 fully saturated rings. The number of nitrogens with one attached hydrogen (secondary N) is 1. The quantitative estimate of drug-likeness (QED) is 0.625. The molecular formula is C20H18N2O4S. The number of methoxy groups -OCH3 is 1. The van der Waals surface area contributed by atoms with Crippen LogP contribution in [0.25, 0.3) is 6.08 Å². The SMILES string of the molecule is COC(=O)c1ccc(/C=C2/SC(=O)N(CNc3cccc(C)c3)C2=O)cc1. The van der Waals surface area contributed by atoms with Gasteiger partial charge in [-0.3, -0.25) is 14.5 Å².